The largest absolute Gasteiger partial charge is 0.335 e. The van der Waals surface area contributed by atoms with E-state index in [0.717, 1.165) is 55.8 Å². The van der Waals surface area contributed by atoms with Crippen molar-refractivity contribution in [2.45, 2.75) is 75.2 Å². The minimum Gasteiger partial charge on any atom is -0.335 e. The minimum atomic E-state index is -0.186. The quantitative estimate of drug-likeness (QED) is 0.574. The summed E-state index contributed by atoms with van der Waals surface area (Å²) in [6.45, 7) is 3.20. The maximum atomic E-state index is 13.8. The molecule has 33 heavy (non-hydrogen) atoms. The van der Waals surface area contributed by atoms with Crippen LogP contribution >= 0.6 is 11.8 Å². The maximum Gasteiger partial charge on any atom is 0.223 e. The van der Waals surface area contributed by atoms with Gasteiger partial charge in [0.1, 0.15) is 5.82 Å². The topological polar surface area (TPSA) is 81.0 Å². The molecule has 2 aromatic rings. The Morgan fingerprint density at radius 1 is 1.15 bits per heavy atom. The molecule has 0 radical (unpaired) electrons. The number of carbonyl (C=O) groups excluding carboxylic acids is 2. The fourth-order valence-electron chi connectivity index (χ4n) is 7.29. The van der Waals surface area contributed by atoms with Crippen LogP contribution in [0.3, 0.4) is 0 Å². The minimum absolute atomic E-state index is 0.123. The Hall–Kier alpha value is -2.22. The maximum absolute atomic E-state index is 13.8. The second kappa shape index (κ2) is 8.22. The predicted molar refractivity (Wildman–Crippen MR) is 125 cm³/mol. The Bertz CT molecular complexity index is 1030. The van der Waals surface area contributed by atoms with E-state index in [1.54, 1.807) is 6.20 Å². The summed E-state index contributed by atoms with van der Waals surface area (Å²) in [6.07, 6.45) is 10.5. The molecule has 7 rings (SSSR count). The second-order valence-corrected chi connectivity index (χ2v) is 12.0. The number of likely N-dealkylation sites (tertiary alicyclic amines) is 1. The number of carbonyl (C=O) groups is 2. The lowest BCUT2D eigenvalue weighted by molar-refractivity contribution is -0.143. The van der Waals surface area contributed by atoms with Crippen LogP contribution in [0.5, 0.6) is 0 Å². The van der Waals surface area contributed by atoms with Crippen LogP contribution in [0.25, 0.3) is 5.82 Å². The number of hydrogen-bond acceptors (Lipinski definition) is 6. The lowest BCUT2D eigenvalue weighted by Gasteiger charge is -2.56. The van der Waals surface area contributed by atoms with Gasteiger partial charge in [0.15, 0.2) is 16.8 Å². The van der Waals surface area contributed by atoms with Crippen LogP contribution in [0.2, 0.25) is 0 Å². The molecule has 3 heterocycles. The average molecular weight is 466 g/mol. The first-order valence-corrected chi connectivity index (χ1v) is 13.2. The van der Waals surface area contributed by atoms with Crippen LogP contribution in [0.15, 0.2) is 29.6 Å². The van der Waals surface area contributed by atoms with E-state index >= 15 is 0 Å². The summed E-state index contributed by atoms with van der Waals surface area (Å²) >= 11 is 1.50. The number of pyridine rings is 1. The third kappa shape index (κ3) is 3.80. The van der Waals surface area contributed by atoms with Gasteiger partial charge in [-0.05, 0) is 81.8 Å². The molecule has 1 aliphatic heterocycles. The van der Waals surface area contributed by atoms with Crippen molar-refractivity contribution >= 4 is 23.5 Å². The number of aromatic nitrogens is 4. The number of nitrogens with zero attached hydrogens (tertiary/aromatic N) is 5. The Morgan fingerprint density at radius 2 is 1.88 bits per heavy atom. The molecule has 0 aromatic carbocycles. The molecule has 5 fully saturated rings. The first-order valence-electron chi connectivity index (χ1n) is 12.4. The molecule has 0 spiro atoms. The van der Waals surface area contributed by atoms with Gasteiger partial charge in [-0.1, -0.05) is 17.8 Å². The highest BCUT2D eigenvalue weighted by Gasteiger charge is 2.55. The first kappa shape index (κ1) is 21.3. The van der Waals surface area contributed by atoms with Crippen LogP contribution in [0.1, 0.15) is 64.1 Å². The molecule has 1 amide bonds. The molecule has 4 saturated carbocycles. The van der Waals surface area contributed by atoms with E-state index < -0.39 is 0 Å². The van der Waals surface area contributed by atoms with E-state index in [1.165, 1.54) is 31.0 Å². The number of ketones is 1. The van der Waals surface area contributed by atoms with Crippen LogP contribution in [0.4, 0.5) is 0 Å². The molecule has 0 unspecified atom stereocenters. The normalized spacial score (nSPS) is 31.4. The summed E-state index contributed by atoms with van der Waals surface area (Å²) in [5, 5.41) is 9.41. The number of amides is 1. The first-order chi connectivity index (χ1) is 16.0. The fourth-order valence-corrected chi connectivity index (χ4v) is 8.36. The smallest absolute Gasteiger partial charge is 0.223 e. The molecular formula is C25H31N5O2S. The van der Waals surface area contributed by atoms with Gasteiger partial charge in [0.05, 0.1) is 11.8 Å². The van der Waals surface area contributed by atoms with E-state index in [0.29, 0.717) is 29.7 Å². The van der Waals surface area contributed by atoms with Gasteiger partial charge in [-0.25, -0.2) is 4.98 Å². The van der Waals surface area contributed by atoms with E-state index in [4.69, 9.17) is 0 Å². The molecule has 1 saturated heterocycles. The van der Waals surface area contributed by atoms with Crippen molar-refractivity contribution < 1.29 is 9.59 Å². The molecule has 4 bridgehead atoms. The van der Waals surface area contributed by atoms with Gasteiger partial charge in [-0.15, -0.1) is 10.2 Å². The number of Topliss-reactive ketones (excluding diaryl/α,β-unsaturated/α-hetero) is 1. The number of rotatable bonds is 7. The van der Waals surface area contributed by atoms with E-state index in [-0.39, 0.29) is 16.6 Å². The molecule has 174 valence electrons. The summed E-state index contributed by atoms with van der Waals surface area (Å²) in [4.78, 5) is 32.4. The van der Waals surface area contributed by atoms with Crippen molar-refractivity contribution in [2.75, 3.05) is 6.54 Å². The Morgan fingerprint density at radius 3 is 2.48 bits per heavy atom. The van der Waals surface area contributed by atoms with Gasteiger partial charge in [0, 0.05) is 24.6 Å². The molecule has 8 heteroatoms. The molecule has 0 N–H and O–H groups in total. The van der Waals surface area contributed by atoms with Gasteiger partial charge in [-0.2, -0.15) is 0 Å². The number of thioether (sulfide) groups is 1. The Labute approximate surface area is 198 Å². The van der Waals surface area contributed by atoms with Crippen LogP contribution < -0.4 is 0 Å². The lowest BCUT2D eigenvalue weighted by Crippen LogP contribution is -2.51. The second-order valence-electron chi connectivity index (χ2n) is 10.7. The fraction of sp³-hybridized carbons (Fsp3) is 0.640. The summed E-state index contributed by atoms with van der Waals surface area (Å²) in [6, 6.07) is 5.74. The highest BCUT2D eigenvalue weighted by atomic mass is 32.2. The SMILES string of the molecule is C[C@H](Sc1nnc(CN2CCCC2=O)n1-c1ccccn1)C(=O)C12CC3CC(CC(C3)C1)C2. The van der Waals surface area contributed by atoms with Crippen LogP contribution in [0, 0.1) is 23.2 Å². The zero-order chi connectivity index (χ0) is 22.6. The van der Waals surface area contributed by atoms with Gasteiger partial charge in [-0.3, -0.25) is 14.2 Å². The van der Waals surface area contributed by atoms with Crippen molar-refractivity contribution in [3.63, 3.8) is 0 Å². The van der Waals surface area contributed by atoms with Crippen molar-refractivity contribution in [3.05, 3.63) is 30.2 Å². The van der Waals surface area contributed by atoms with E-state index in [1.807, 2.05) is 34.6 Å². The molecule has 7 nitrogen and oxygen atoms in total. The average Bonchev–Trinajstić information content (AvgIpc) is 3.39. The summed E-state index contributed by atoms with van der Waals surface area (Å²) < 4.78 is 1.93. The van der Waals surface area contributed by atoms with Gasteiger partial charge < -0.3 is 4.90 Å². The summed E-state index contributed by atoms with van der Waals surface area (Å²) in [5.41, 5.74) is -0.123. The standard InChI is InChI=1S/C25H31N5O2S/c1-16(23(32)25-12-17-9-18(13-25)11-19(10-17)14-25)33-24-28-27-21(15-29-8-4-6-22(29)31)30(24)20-5-2-3-7-26-20/h2-3,5,7,16-19H,4,6,8-15H2,1H3/t16-,17?,18?,19?,25?/m0/s1. The molecule has 2 aromatic heterocycles. The van der Waals surface area contributed by atoms with Crippen LogP contribution in [-0.4, -0.2) is 48.1 Å². The molecule has 1 atom stereocenters. The summed E-state index contributed by atoms with van der Waals surface area (Å²) in [5.74, 6) is 4.23. The van der Waals surface area contributed by atoms with Gasteiger partial charge >= 0.3 is 0 Å². The third-order valence-corrected chi connectivity index (χ3v) is 9.34. The van der Waals surface area contributed by atoms with Crippen LogP contribution in [-0.2, 0) is 16.1 Å². The molecule has 4 aliphatic carbocycles. The zero-order valence-corrected chi connectivity index (χ0v) is 20.0. The Kier molecular flexibility index (Phi) is 5.31. The third-order valence-electron chi connectivity index (χ3n) is 8.29. The van der Waals surface area contributed by atoms with E-state index in [2.05, 4.69) is 15.2 Å². The number of hydrogen-bond donors (Lipinski definition) is 0. The monoisotopic (exact) mass is 465 g/mol. The van der Waals surface area contributed by atoms with E-state index in [9.17, 15) is 9.59 Å². The summed E-state index contributed by atoms with van der Waals surface area (Å²) in [7, 11) is 0. The lowest BCUT2D eigenvalue weighted by atomic mass is 9.48. The highest BCUT2D eigenvalue weighted by Crippen LogP contribution is 2.61. The van der Waals surface area contributed by atoms with Gasteiger partial charge in [0.25, 0.3) is 0 Å². The van der Waals surface area contributed by atoms with Crippen molar-refractivity contribution in [1.82, 2.24) is 24.6 Å². The van der Waals surface area contributed by atoms with Crippen molar-refractivity contribution in [1.29, 1.82) is 0 Å². The highest BCUT2D eigenvalue weighted by molar-refractivity contribution is 8.00. The Balaban J connectivity index is 1.27. The predicted octanol–water partition coefficient (Wildman–Crippen LogP) is 4.05. The van der Waals surface area contributed by atoms with Crippen molar-refractivity contribution in [2.24, 2.45) is 23.2 Å². The van der Waals surface area contributed by atoms with Gasteiger partial charge in [0.2, 0.25) is 5.91 Å². The molecular weight excluding hydrogens is 434 g/mol. The van der Waals surface area contributed by atoms with Crippen molar-refractivity contribution in [3.8, 4) is 5.82 Å². The molecule has 5 aliphatic rings. The zero-order valence-electron chi connectivity index (χ0n) is 19.2.